The van der Waals surface area contributed by atoms with Gasteiger partial charge in [0.1, 0.15) is 11.5 Å². The van der Waals surface area contributed by atoms with Crippen LogP contribution in [0.5, 0.6) is 11.5 Å². The number of carbonyl (C=O) groups is 2. The van der Waals surface area contributed by atoms with Crippen LogP contribution < -0.4 is 25.4 Å². The van der Waals surface area contributed by atoms with Crippen LogP contribution in [0, 0.1) is 5.92 Å². The molecule has 0 unspecified atom stereocenters. The Morgan fingerprint density at radius 3 is 2.39 bits per heavy atom. The number of anilines is 1. The molecule has 8 heteroatoms. The summed E-state index contributed by atoms with van der Waals surface area (Å²) >= 11 is 0. The summed E-state index contributed by atoms with van der Waals surface area (Å²) in [6, 6.07) is 4.91. The zero-order valence-electron chi connectivity index (χ0n) is 17.4. The smallest absolute Gasteiger partial charge is 0.319 e. The number of rotatable bonds is 5. The molecule has 3 N–H and O–H groups in total. The molecule has 156 valence electrons. The summed E-state index contributed by atoms with van der Waals surface area (Å²) in [5, 5.41) is 8.69. The lowest BCUT2D eigenvalue weighted by molar-refractivity contribution is 0.162. The summed E-state index contributed by atoms with van der Waals surface area (Å²) in [7, 11) is 3.12. The number of amides is 4. The van der Waals surface area contributed by atoms with Gasteiger partial charge in [0.25, 0.3) is 0 Å². The Labute approximate surface area is 166 Å². The number of methoxy groups -OCH3 is 2. The van der Waals surface area contributed by atoms with Crippen LogP contribution in [0.15, 0.2) is 18.2 Å². The van der Waals surface area contributed by atoms with E-state index in [4.69, 9.17) is 9.47 Å². The van der Waals surface area contributed by atoms with Crippen LogP contribution in [0.2, 0.25) is 0 Å². The van der Waals surface area contributed by atoms with E-state index in [9.17, 15) is 9.59 Å². The molecule has 1 heterocycles. The van der Waals surface area contributed by atoms with Gasteiger partial charge < -0.3 is 30.3 Å². The maximum Gasteiger partial charge on any atom is 0.319 e. The highest BCUT2D eigenvalue weighted by Crippen LogP contribution is 2.28. The van der Waals surface area contributed by atoms with E-state index in [0.717, 1.165) is 12.8 Å². The monoisotopic (exact) mass is 392 g/mol. The van der Waals surface area contributed by atoms with Crippen LogP contribution in [0.25, 0.3) is 0 Å². The Morgan fingerprint density at radius 1 is 1.14 bits per heavy atom. The number of hydrogen-bond acceptors (Lipinski definition) is 4. The first kappa shape index (κ1) is 21.7. The number of hydrogen-bond donors (Lipinski definition) is 3. The molecule has 1 saturated heterocycles. The van der Waals surface area contributed by atoms with Gasteiger partial charge in [0.2, 0.25) is 0 Å². The van der Waals surface area contributed by atoms with Gasteiger partial charge in [-0.3, -0.25) is 0 Å². The van der Waals surface area contributed by atoms with E-state index in [1.54, 1.807) is 32.4 Å². The van der Waals surface area contributed by atoms with E-state index in [1.165, 1.54) is 0 Å². The summed E-state index contributed by atoms with van der Waals surface area (Å²) in [6.45, 7) is 7.87. The second-order valence-electron chi connectivity index (χ2n) is 8.01. The normalized spacial score (nSPS) is 15.0. The molecule has 0 radical (unpaired) electrons. The standard InChI is InChI=1S/C20H32N4O4/c1-20(2,3)23-19(26)24-10-8-14(9-11-24)13-21-18(25)22-16-7-6-15(27-4)12-17(16)28-5/h6-7,12,14H,8-11,13H2,1-5H3,(H,23,26)(H2,21,22,25). The molecule has 1 aromatic carbocycles. The lowest BCUT2D eigenvalue weighted by atomic mass is 9.97. The van der Waals surface area contributed by atoms with E-state index in [-0.39, 0.29) is 17.6 Å². The zero-order valence-corrected chi connectivity index (χ0v) is 17.4. The van der Waals surface area contributed by atoms with Gasteiger partial charge in [0.05, 0.1) is 19.9 Å². The van der Waals surface area contributed by atoms with Gasteiger partial charge in [-0.2, -0.15) is 0 Å². The highest BCUT2D eigenvalue weighted by atomic mass is 16.5. The van der Waals surface area contributed by atoms with Gasteiger partial charge in [0, 0.05) is 31.2 Å². The lowest BCUT2D eigenvalue weighted by Crippen LogP contribution is -2.51. The Kier molecular flexibility index (Phi) is 7.37. The van der Waals surface area contributed by atoms with Crippen molar-refractivity contribution in [2.24, 2.45) is 5.92 Å². The van der Waals surface area contributed by atoms with E-state index in [0.29, 0.717) is 42.7 Å². The fourth-order valence-corrected chi connectivity index (χ4v) is 3.05. The Morgan fingerprint density at radius 2 is 1.82 bits per heavy atom. The molecule has 0 saturated carbocycles. The average molecular weight is 393 g/mol. The van der Waals surface area contributed by atoms with E-state index >= 15 is 0 Å². The van der Waals surface area contributed by atoms with Crippen molar-refractivity contribution in [2.45, 2.75) is 39.2 Å². The van der Waals surface area contributed by atoms with Crippen molar-refractivity contribution in [1.82, 2.24) is 15.5 Å². The number of carbonyl (C=O) groups excluding carboxylic acids is 2. The first-order valence-corrected chi connectivity index (χ1v) is 9.56. The molecule has 0 atom stereocenters. The molecule has 0 aromatic heterocycles. The Hall–Kier alpha value is -2.64. The summed E-state index contributed by atoms with van der Waals surface area (Å²) in [6.07, 6.45) is 1.73. The largest absolute Gasteiger partial charge is 0.497 e. The van der Waals surface area contributed by atoms with Crippen LogP contribution in [-0.4, -0.2) is 56.4 Å². The summed E-state index contributed by atoms with van der Waals surface area (Å²) < 4.78 is 10.4. The average Bonchev–Trinajstić information content (AvgIpc) is 2.65. The number of piperidine rings is 1. The number of nitrogens with one attached hydrogen (secondary N) is 3. The minimum absolute atomic E-state index is 0.0248. The molecular formula is C20H32N4O4. The van der Waals surface area contributed by atoms with E-state index in [2.05, 4.69) is 16.0 Å². The third-order valence-electron chi connectivity index (χ3n) is 4.59. The zero-order chi connectivity index (χ0) is 20.7. The number of benzene rings is 1. The van der Waals surface area contributed by atoms with Crippen LogP contribution in [-0.2, 0) is 0 Å². The minimum Gasteiger partial charge on any atom is -0.497 e. The highest BCUT2D eigenvalue weighted by Gasteiger charge is 2.25. The van der Waals surface area contributed by atoms with Crippen LogP contribution in [0.1, 0.15) is 33.6 Å². The van der Waals surface area contributed by atoms with Gasteiger partial charge in [-0.15, -0.1) is 0 Å². The van der Waals surface area contributed by atoms with Crippen molar-refractivity contribution in [2.75, 3.05) is 39.2 Å². The molecule has 1 aliphatic rings. The van der Waals surface area contributed by atoms with Crippen molar-refractivity contribution in [1.29, 1.82) is 0 Å². The molecule has 8 nitrogen and oxygen atoms in total. The van der Waals surface area contributed by atoms with E-state index in [1.807, 2.05) is 25.7 Å². The third-order valence-corrected chi connectivity index (χ3v) is 4.59. The van der Waals surface area contributed by atoms with Crippen LogP contribution in [0.4, 0.5) is 15.3 Å². The van der Waals surface area contributed by atoms with Crippen molar-refractivity contribution in [3.63, 3.8) is 0 Å². The SMILES string of the molecule is COc1ccc(NC(=O)NCC2CCN(C(=O)NC(C)(C)C)CC2)c(OC)c1. The number of nitrogens with zero attached hydrogens (tertiary/aromatic N) is 1. The second kappa shape index (κ2) is 9.52. The summed E-state index contributed by atoms with van der Waals surface area (Å²) in [5.74, 6) is 1.54. The van der Waals surface area contributed by atoms with Gasteiger partial charge in [0.15, 0.2) is 0 Å². The molecule has 0 spiro atoms. The molecular weight excluding hydrogens is 360 g/mol. The first-order valence-electron chi connectivity index (χ1n) is 9.56. The third kappa shape index (κ3) is 6.51. The van der Waals surface area contributed by atoms with Gasteiger partial charge in [-0.25, -0.2) is 9.59 Å². The fraction of sp³-hybridized carbons (Fsp3) is 0.600. The van der Waals surface area contributed by atoms with Gasteiger partial charge in [-0.1, -0.05) is 0 Å². The van der Waals surface area contributed by atoms with Crippen LogP contribution >= 0.6 is 0 Å². The van der Waals surface area contributed by atoms with Crippen molar-refractivity contribution in [3.05, 3.63) is 18.2 Å². The molecule has 4 amide bonds. The van der Waals surface area contributed by atoms with Crippen molar-refractivity contribution < 1.29 is 19.1 Å². The summed E-state index contributed by atoms with van der Waals surface area (Å²) in [4.78, 5) is 26.3. The molecule has 0 bridgehead atoms. The number of ether oxygens (including phenoxy) is 2. The molecule has 2 rings (SSSR count). The topological polar surface area (TPSA) is 91.9 Å². The van der Waals surface area contributed by atoms with Gasteiger partial charge >= 0.3 is 12.1 Å². The number of likely N-dealkylation sites (tertiary alicyclic amines) is 1. The molecule has 28 heavy (non-hydrogen) atoms. The molecule has 1 aromatic rings. The molecule has 1 aliphatic heterocycles. The minimum atomic E-state index is -0.281. The maximum absolute atomic E-state index is 12.2. The molecule has 1 fully saturated rings. The highest BCUT2D eigenvalue weighted by molar-refractivity contribution is 5.91. The van der Waals surface area contributed by atoms with Crippen LogP contribution in [0.3, 0.4) is 0 Å². The number of urea groups is 2. The maximum atomic E-state index is 12.2. The predicted molar refractivity (Wildman–Crippen MR) is 109 cm³/mol. The second-order valence-corrected chi connectivity index (χ2v) is 8.01. The first-order chi connectivity index (χ1) is 13.2. The predicted octanol–water partition coefficient (Wildman–Crippen LogP) is 3.05. The Balaban J connectivity index is 1.76. The fourth-order valence-electron chi connectivity index (χ4n) is 3.05. The van der Waals surface area contributed by atoms with Gasteiger partial charge in [-0.05, 0) is 51.7 Å². The lowest BCUT2D eigenvalue weighted by Gasteiger charge is -2.34. The summed E-state index contributed by atoms with van der Waals surface area (Å²) in [5.41, 5.74) is 0.338. The molecule has 0 aliphatic carbocycles. The van der Waals surface area contributed by atoms with Crippen molar-refractivity contribution in [3.8, 4) is 11.5 Å². The Bertz CT molecular complexity index is 679. The van der Waals surface area contributed by atoms with Crippen molar-refractivity contribution >= 4 is 17.7 Å². The van der Waals surface area contributed by atoms with E-state index < -0.39 is 0 Å². The quantitative estimate of drug-likeness (QED) is 0.718.